The number of benzene rings is 2. The van der Waals surface area contributed by atoms with Crippen molar-refractivity contribution >= 4 is 62.6 Å². The summed E-state index contributed by atoms with van der Waals surface area (Å²) in [5, 5.41) is 6.99. The van der Waals surface area contributed by atoms with E-state index in [1.807, 2.05) is 37.3 Å². The first kappa shape index (κ1) is 33.8. The van der Waals surface area contributed by atoms with Gasteiger partial charge in [-0.1, -0.05) is 35.7 Å². The van der Waals surface area contributed by atoms with Crippen LogP contribution in [0.15, 0.2) is 76.2 Å². The number of aromatic nitrogens is 4. The molecule has 1 fully saturated rings. The van der Waals surface area contributed by atoms with Crippen molar-refractivity contribution in [2.24, 2.45) is 7.05 Å². The Morgan fingerprint density at radius 1 is 1.04 bits per heavy atom. The van der Waals surface area contributed by atoms with Crippen molar-refractivity contribution < 1.29 is 18.8 Å². The summed E-state index contributed by atoms with van der Waals surface area (Å²) in [6.45, 7) is 2.61. The summed E-state index contributed by atoms with van der Waals surface area (Å²) in [5.41, 5.74) is 6.24. The van der Waals surface area contributed by atoms with Gasteiger partial charge in [0.15, 0.2) is 11.6 Å². The molecule has 2 aliphatic rings. The highest BCUT2D eigenvalue weighted by Crippen LogP contribution is 2.37. The number of carbonyl (C=O) groups is 3. The third kappa shape index (κ3) is 6.29. The van der Waals surface area contributed by atoms with Gasteiger partial charge in [0.1, 0.15) is 11.3 Å². The van der Waals surface area contributed by atoms with Gasteiger partial charge >= 0.3 is 0 Å². The normalized spacial score (nSPS) is 15.5. The summed E-state index contributed by atoms with van der Waals surface area (Å²) >= 11 is 6.55. The van der Waals surface area contributed by atoms with Crippen LogP contribution in [-0.4, -0.2) is 50.3 Å². The Balaban J connectivity index is 0.962. The van der Waals surface area contributed by atoms with Gasteiger partial charge in [-0.05, 0) is 68.0 Å². The van der Waals surface area contributed by atoms with Gasteiger partial charge in [0.2, 0.25) is 11.8 Å². The van der Waals surface area contributed by atoms with Gasteiger partial charge < -0.3 is 19.2 Å². The number of nitrogens with one attached hydrogen (secondary N) is 2. The van der Waals surface area contributed by atoms with Crippen LogP contribution in [0.25, 0.3) is 33.3 Å². The average Bonchev–Trinajstić information content (AvgIpc) is 3.58. The van der Waals surface area contributed by atoms with Crippen LogP contribution < -0.4 is 21.1 Å². The number of imide groups is 1. The molecule has 6 heterocycles. The molecule has 0 bridgehead atoms. The van der Waals surface area contributed by atoms with Crippen molar-refractivity contribution in [2.45, 2.75) is 38.5 Å². The van der Waals surface area contributed by atoms with Crippen LogP contribution in [0.1, 0.15) is 58.2 Å². The first-order chi connectivity index (χ1) is 25.7. The molecular weight excluding hydrogens is 694 g/mol. The van der Waals surface area contributed by atoms with E-state index in [1.54, 1.807) is 42.1 Å². The molecule has 8 rings (SSSR count). The minimum absolute atomic E-state index is 0.00660. The van der Waals surface area contributed by atoms with Crippen molar-refractivity contribution in [3.05, 3.63) is 111 Å². The Hall–Kier alpha value is -6.32. The van der Waals surface area contributed by atoms with Crippen molar-refractivity contribution in [3.63, 3.8) is 0 Å². The van der Waals surface area contributed by atoms with Crippen LogP contribution in [0.2, 0.25) is 5.02 Å². The number of carbonyl (C=O) groups excluding carboxylic acids is 3. The van der Waals surface area contributed by atoms with E-state index in [9.17, 15) is 19.2 Å². The third-order valence-electron chi connectivity index (χ3n) is 9.72. The number of furan rings is 1. The van der Waals surface area contributed by atoms with Gasteiger partial charge in [-0.2, -0.15) is 0 Å². The average molecular weight is 726 g/mol. The second kappa shape index (κ2) is 13.7. The smallest absolute Gasteiger partial charge is 0.272 e. The zero-order valence-electron chi connectivity index (χ0n) is 28.8. The summed E-state index contributed by atoms with van der Waals surface area (Å²) in [6.07, 6.45) is 5.67. The number of anilines is 2. The molecule has 13 heteroatoms. The Labute approximate surface area is 308 Å². The van der Waals surface area contributed by atoms with E-state index in [2.05, 4.69) is 37.3 Å². The van der Waals surface area contributed by atoms with Crippen LogP contribution in [0.3, 0.4) is 0 Å². The lowest BCUT2D eigenvalue weighted by Gasteiger charge is -2.31. The summed E-state index contributed by atoms with van der Waals surface area (Å²) in [6, 6.07) is 16.7. The molecule has 53 heavy (non-hydrogen) atoms. The van der Waals surface area contributed by atoms with Crippen molar-refractivity contribution in [2.75, 3.05) is 18.0 Å². The van der Waals surface area contributed by atoms with Gasteiger partial charge in [-0.3, -0.25) is 24.5 Å². The van der Waals surface area contributed by atoms with Crippen molar-refractivity contribution in [1.82, 2.24) is 30.2 Å². The highest BCUT2D eigenvalue weighted by molar-refractivity contribution is 6.33. The summed E-state index contributed by atoms with van der Waals surface area (Å²) < 4.78 is 7.55. The van der Waals surface area contributed by atoms with E-state index >= 15 is 0 Å². The highest BCUT2D eigenvalue weighted by Gasteiger charge is 2.30. The second-order valence-corrected chi connectivity index (χ2v) is 13.5. The molecule has 1 atom stereocenters. The first-order valence-corrected chi connectivity index (χ1v) is 17.6. The Kier molecular flexibility index (Phi) is 8.72. The molecule has 264 valence electrons. The summed E-state index contributed by atoms with van der Waals surface area (Å²) in [4.78, 5) is 65.7. The molecule has 0 aliphatic carbocycles. The van der Waals surface area contributed by atoms with Crippen LogP contribution in [-0.2, 0) is 23.1 Å². The van der Waals surface area contributed by atoms with Crippen LogP contribution >= 0.6 is 11.6 Å². The second-order valence-electron chi connectivity index (χ2n) is 13.1. The molecule has 2 aromatic carbocycles. The molecule has 0 saturated carbocycles. The number of hydrogen-bond donors (Lipinski definition) is 2. The molecule has 6 aromatic rings. The predicted molar refractivity (Wildman–Crippen MR) is 200 cm³/mol. The number of rotatable bonds is 5. The maximum atomic E-state index is 13.0. The van der Waals surface area contributed by atoms with E-state index in [-0.39, 0.29) is 41.1 Å². The van der Waals surface area contributed by atoms with Gasteiger partial charge in [-0.25, -0.2) is 15.0 Å². The van der Waals surface area contributed by atoms with E-state index in [1.165, 1.54) is 6.20 Å². The largest absolute Gasteiger partial charge is 0.448 e. The lowest BCUT2D eigenvalue weighted by atomic mass is 9.88. The monoisotopic (exact) mass is 725 g/mol. The molecule has 2 N–H and O–H groups in total. The number of piperidine rings is 1. The molecule has 1 saturated heterocycles. The SMILES string of the molecule is Cc1cc2c(N3CCCc4nc(-c5cnc(C(=O)NCC#Cc6cc7c(C8CCC(=O)NC8=O)cccc7o6)c(Cl)c5)ncc43)cccc2n(C)c1=O. The molecule has 1 unspecified atom stereocenters. The van der Waals surface area contributed by atoms with E-state index in [0.717, 1.165) is 58.3 Å². The minimum atomic E-state index is -0.495. The van der Waals surface area contributed by atoms with Crippen LogP contribution in [0.4, 0.5) is 11.4 Å². The van der Waals surface area contributed by atoms with E-state index in [0.29, 0.717) is 34.7 Å². The maximum Gasteiger partial charge on any atom is 0.272 e. The van der Waals surface area contributed by atoms with Crippen LogP contribution in [0.5, 0.6) is 0 Å². The first-order valence-electron chi connectivity index (χ1n) is 17.2. The molecular formula is C40H32ClN7O5. The maximum absolute atomic E-state index is 13.0. The molecule has 4 aromatic heterocycles. The number of amides is 3. The van der Waals surface area contributed by atoms with Crippen molar-refractivity contribution in [1.29, 1.82) is 0 Å². The summed E-state index contributed by atoms with van der Waals surface area (Å²) in [7, 11) is 1.79. The number of halogens is 1. The van der Waals surface area contributed by atoms with Crippen molar-refractivity contribution in [3.8, 4) is 23.2 Å². The topological polar surface area (TPSA) is 152 Å². The molecule has 12 nitrogen and oxygen atoms in total. The van der Waals surface area contributed by atoms with Crippen LogP contribution in [0, 0.1) is 18.8 Å². The zero-order chi connectivity index (χ0) is 36.8. The predicted octanol–water partition coefficient (Wildman–Crippen LogP) is 5.48. The van der Waals surface area contributed by atoms with E-state index in [4.69, 9.17) is 21.0 Å². The quantitative estimate of drug-likeness (QED) is 0.174. The lowest BCUT2D eigenvalue weighted by Crippen LogP contribution is -2.39. The highest BCUT2D eigenvalue weighted by atomic mass is 35.5. The molecule has 3 amide bonds. The Morgan fingerprint density at radius 3 is 2.72 bits per heavy atom. The van der Waals surface area contributed by atoms with Gasteiger partial charge in [-0.15, -0.1) is 0 Å². The fraction of sp³-hybridized carbons (Fsp3) is 0.225. The van der Waals surface area contributed by atoms with Gasteiger partial charge in [0.25, 0.3) is 11.5 Å². The number of aryl methyl sites for hydroxylation is 3. The number of hydrogen-bond acceptors (Lipinski definition) is 9. The fourth-order valence-corrected chi connectivity index (χ4v) is 7.36. The summed E-state index contributed by atoms with van der Waals surface area (Å²) in [5.74, 6) is 5.08. The Bertz CT molecular complexity index is 2640. The minimum Gasteiger partial charge on any atom is -0.448 e. The van der Waals surface area contributed by atoms with E-state index < -0.39 is 11.8 Å². The Morgan fingerprint density at radius 2 is 1.89 bits per heavy atom. The number of fused-ring (bicyclic) bond motifs is 3. The lowest BCUT2D eigenvalue weighted by molar-refractivity contribution is -0.134. The molecule has 2 aliphatic heterocycles. The zero-order valence-corrected chi connectivity index (χ0v) is 29.6. The number of pyridine rings is 2. The van der Waals surface area contributed by atoms with Gasteiger partial charge in [0, 0.05) is 54.2 Å². The third-order valence-corrected chi connectivity index (χ3v) is 10.0. The molecule has 0 radical (unpaired) electrons. The molecule has 0 spiro atoms. The van der Waals surface area contributed by atoms with Gasteiger partial charge in [0.05, 0.1) is 46.3 Å². The fourth-order valence-electron chi connectivity index (χ4n) is 7.11. The number of nitrogens with zero attached hydrogens (tertiary/aromatic N) is 5. The standard InChI is InChI=1S/C40H32ClN7O5/c1-22-17-28-31(47(2)40(22)52)10-4-11-32(28)48-16-6-9-30-33(48)21-44-37(45-30)23-18-29(41)36(43-20-23)39(51)42-15-5-7-24-19-27-25(8-3-12-34(27)53-24)26-13-14-35(49)46-38(26)50/h3-4,8,10-12,17-21,26H,6,9,13-16H2,1-2H3,(H,42,51)(H,46,49,50).